The molecule has 0 aliphatic carbocycles. The van der Waals surface area contributed by atoms with E-state index in [9.17, 15) is 9.90 Å². The average molecular weight is 269 g/mol. The van der Waals surface area contributed by atoms with Crippen molar-refractivity contribution in [3.63, 3.8) is 0 Å². The minimum Gasteiger partial charge on any atom is -0.478 e. The second kappa shape index (κ2) is 4.35. The maximum absolute atomic E-state index is 11.4. The molecule has 4 nitrogen and oxygen atoms in total. The van der Waals surface area contributed by atoms with E-state index in [0.717, 1.165) is 19.4 Å². The predicted molar refractivity (Wildman–Crippen MR) is 73.5 cm³/mol. The number of halogens is 1. The number of benzene rings is 1. The number of aromatic carboxylic acids is 1. The Balaban J connectivity index is 2.59. The number of nitrogen functional groups attached to an aromatic ring is 1. The highest BCUT2D eigenvalue weighted by atomic mass is 35.5. The maximum atomic E-state index is 11.4. The Morgan fingerprint density at radius 3 is 2.67 bits per heavy atom. The van der Waals surface area contributed by atoms with Crippen molar-refractivity contribution in [1.29, 1.82) is 0 Å². The van der Waals surface area contributed by atoms with Gasteiger partial charge in [-0.3, -0.25) is 0 Å². The van der Waals surface area contributed by atoms with Gasteiger partial charge in [0, 0.05) is 17.8 Å². The third-order valence-electron chi connectivity index (χ3n) is 3.49. The normalized spacial score (nSPS) is 18.1. The van der Waals surface area contributed by atoms with Crippen LogP contribution in [0.25, 0.3) is 0 Å². The van der Waals surface area contributed by atoms with Crippen LogP contribution in [0.1, 0.15) is 37.0 Å². The van der Waals surface area contributed by atoms with Gasteiger partial charge in [0.1, 0.15) is 0 Å². The van der Waals surface area contributed by atoms with Crippen LogP contribution in [0.15, 0.2) is 12.1 Å². The molecule has 0 aromatic heterocycles. The maximum Gasteiger partial charge on any atom is 0.337 e. The van der Waals surface area contributed by atoms with E-state index in [1.54, 1.807) is 6.07 Å². The minimum absolute atomic E-state index is 0.0794. The van der Waals surface area contributed by atoms with Gasteiger partial charge >= 0.3 is 5.97 Å². The fraction of sp³-hybridized carbons (Fsp3) is 0.462. The average Bonchev–Trinajstić information content (AvgIpc) is 2.57. The van der Waals surface area contributed by atoms with E-state index in [2.05, 4.69) is 18.7 Å². The first-order valence-corrected chi connectivity index (χ1v) is 6.31. The lowest BCUT2D eigenvalue weighted by Crippen LogP contribution is -2.39. The van der Waals surface area contributed by atoms with Gasteiger partial charge in [-0.1, -0.05) is 11.6 Å². The van der Waals surface area contributed by atoms with Crippen LogP contribution in [0.5, 0.6) is 0 Å². The lowest BCUT2D eigenvalue weighted by atomic mass is 10.0. The van der Waals surface area contributed by atoms with Crippen LogP contribution in [0.4, 0.5) is 11.4 Å². The zero-order chi connectivity index (χ0) is 13.5. The van der Waals surface area contributed by atoms with Crippen molar-refractivity contribution in [2.24, 2.45) is 0 Å². The van der Waals surface area contributed by atoms with Gasteiger partial charge in [0.2, 0.25) is 0 Å². The molecule has 2 rings (SSSR count). The lowest BCUT2D eigenvalue weighted by molar-refractivity contribution is 0.0697. The number of nitrogens with zero attached hydrogens (tertiary/aromatic N) is 1. The SMILES string of the molecule is CC1(C)CCCN1c1c(Cl)cc(N)cc1C(=O)O. The fourth-order valence-corrected chi connectivity index (χ4v) is 2.91. The summed E-state index contributed by atoms with van der Waals surface area (Å²) >= 11 is 6.20. The van der Waals surface area contributed by atoms with Gasteiger partial charge in [-0.15, -0.1) is 0 Å². The highest BCUT2D eigenvalue weighted by Gasteiger charge is 2.35. The van der Waals surface area contributed by atoms with E-state index in [0.29, 0.717) is 16.4 Å². The van der Waals surface area contributed by atoms with Gasteiger partial charge in [-0.2, -0.15) is 0 Å². The van der Waals surface area contributed by atoms with E-state index in [1.165, 1.54) is 6.07 Å². The second-order valence-corrected chi connectivity index (χ2v) is 5.68. The van der Waals surface area contributed by atoms with Gasteiger partial charge < -0.3 is 15.7 Å². The predicted octanol–water partition coefficient (Wildman–Crippen LogP) is 3.00. The highest BCUT2D eigenvalue weighted by molar-refractivity contribution is 6.34. The summed E-state index contributed by atoms with van der Waals surface area (Å²) in [5.41, 5.74) is 6.72. The summed E-state index contributed by atoms with van der Waals surface area (Å²) in [6, 6.07) is 3.08. The summed E-state index contributed by atoms with van der Waals surface area (Å²) in [5, 5.41) is 9.71. The third-order valence-corrected chi connectivity index (χ3v) is 3.78. The molecule has 1 fully saturated rings. The van der Waals surface area contributed by atoms with Gasteiger partial charge in [0.25, 0.3) is 0 Å². The summed E-state index contributed by atoms with van der Waals surface area (Å²) < 4.78 is 0. The number of rotatable bonds is 2. The molecule has 1 aliphatic rings. The first-order valence-electron chi connectivity index (χ1n) is 5.93. The molecule has 1 aliphatic heterocycles. The Morgan fingerprint density at radius 2 is 2.17 bits per heavy atom. The molecule has 0 unspecified atom stereocenters. The molecular weight excluding hydrogens is 252 g/mol. The van der Waals surface area contributed by atoms with Gasteiger partial charge in [0.15, 0.2) is 0 Å². The smallest absolute Gasteiger partial charge is 0.337 e. The lowest BCUT2D eigenvalue weighted by Gasteiger charge is -2.35. The quantitative estimate of drug-likeness (QED) is 0.809. The highest BCUT2D eigenvalue weighted by Crippen LogP contribution is 2.40. The fourth-order valence-electron chi connectivity index (χ4n) is 2.58. The van der Waals surface area contributed by atoms with Crippen LogP contribution < -0.4 is 10.6 Å². The van der Waals surface area contributed by atoms with E-state index in [4.69, 9.17) is 17.3 Å². The van der Waals surface area contributed by atoms with E-state index in [-0.39, 0.29) is 11.1 Å². The first kappa shape index (κ1) is 13.0. The van der Waals surface area contributed by atoms with Crippen molar-refractivity contribution in [2.75, 3.05) is 17.2 Å². The molecule has 0 saturated carbocycles. The Bertz CT molecular complexity index is 500. The van der Waals surface area contributed by atoms with Gasteiger partial charge in [0.05, 0.1) is 16.3 Å². The van der Waals surface area contributed by atoms with Crippen LogP contribution in [-0.4, -0.2) is 23.2 Å². The molecule has 98 valence electrons. The molecule has 0 atom stereocenters. The molecule has 18 heavy (non-hydrogen) atoms. The summed E-state index contributed by atoms with van der Waals surface area (Å²) in [6.45, 7) is 5.01. The van der Waals surface area contributed by atoms with Gasteiger partial charge in [-0.25, -0.2) is 4.79 Å². The number of carbonyl (C=O) groups is 1. The van der Waals surface area contributed by atoms with Crippen LogP contribution in [0, 0.1) is 0 Å². The van der Waals surface area contributed by atoms with Crippen LogP contribution in [-0.2, 0) is 0 Å². The number of hydrogen-bond donors (Lipinski definition) is 2. The summed E-state index contributed by atoms with van der Waals surface area (Å²) in [7, 11) is 0. The van der Waals surface area contributed by atoms with Crippen molar-refractivity contribution >= 4 is 28.9 Å². The van der Waals surface area contributed by atoms with E-state index in [1.807, 2.05) is 0 Å². The number of nitrogens with two attached hydrogens (primary N) is 1. The zero-order valence-electron chi connectivity index (χ0n) is 10.5. The molecule has 1 heterocycles. The Morgan fingerprint density at radius 1 is 1.50 bits per heavy atom. The summed E-state index contributed by atoms with van der Waals surface area (Å²) in [6.07, 6.45) is 2.06. The zero-order valence-corrected chi connectivity index (χ0v) is 11.3. The molecule has 0 amide bonds. The molecule has 1 aromatic rings. The number of carboxylic acid groups (broad SMARTS) is 1. The third kappa shape index (κ3) is 2.12. The molecular formula is C13H17ClN2O2. The Hall–Kier alpha value is -1.42. The topological polar surface area (TPSA) is 66.6 Å². The number of carboxylic acids is 1. The van der Waals surface area contributed by atoms with Crippen molar-refractivity contribution in [3.8, 4) is 0 Å². The molecule has 0 spiro atoms. The van der Waals surface area contributed by atoms with Gasteiger partial charge in [-0.05, 0) is 38.8 Å². The van der Waals surface area contributed by atoms with Crippen molar-refractivity contribution in [1.82, 2.24) is 0 Å². The van der Waals surface area contributed by atoms with Crippen LogP contribution >= 0.6 is 11.6 Å². The summed E-state index contributed by atoms with van der Waals surface area (Å²) in [5.74, 6) is -0.998. The van der Waals surface area contributed by atoms with Crippen LogP contribution in [0.2, 0.25) is 5.02 Å². The van der Waals surface area contributed by atoms with E-state index < -0.39 is 5.97 Å². The Labute approximate surface area is 111 Å². The molecule has 3 N–H and O–H groups in total. The molecule has 5 heteroatoms. The van der Waals surface area contributed by atoms with Crippen LogP contribution in [0.3, 0.4) is 0 Å². The molecule has 1 saturated heterocycles. The largest absolute Gasteiger partial charge is 0.478 e. The monoisotopic (exact) mass is 268 g/mol. The number of hydrogen-bond acceptors (Lipinski definition) is 3. The molecule has 0 bridgehead atoms. The first-order chi connectivity index (χ1) is 8.33. The Kier molecular flexibility index (Phi) is 3.15. The van der Waals surface area contributed by atoms with Crippen molar-refractivity contribution in [2.45, 2.75) is 32.2 Å². The summed E-state index contributed by atoms with van der Waals surface area (Å²) in [4.78, 5) is 13.4. The van der Waals surface area contributed by atoms with E-state index >= 15 is 0 Å². The second-order valence-electron chi connectivity index (χ2n) is 5.27. The molecule has 0 radical (unpaired) electrons. The standard InChI is InChI=1S/C13H17ClN2O2/c1-13(2)4-3-5-16(13)11-9(12(17)18)6-8(15)7-10(11)14/h6-7H,3-5,15H2,1-2H3,(H,17,18). The number of anilines is 2. The minimum atomic E-state index is -0.998. The van der Waals surface area contributed by atoms with Crippen molar-refractivity contribution < 1.29 is 9.90 Å². The van der Waals surface area contributed by atoms with Crippen molar-refractivity contribution in [3.05, 3.63) is 22.7 Å². The molecule has 1 aromatic carbocycles.